The molecular formula is C16H17BrN2O2. The number of halogens is 1. The van der Waals surface area contributed by atoms with Gasteiger partial charge < -0.3 is 14.8 Å². The van der Waals surface area contributed by atoms with E-state index in [1.807, 2.05) is 24.4 Å². The number of hydrogen-bond donors (Lipinski definition) is 1. The van der Waals surface area contributed by atoms with Crippen molar-refractivity contribution < 1.29 is 9.47 Å². The summed E-state index contributed by atoms with van der Waals surface area (Å²) in [6.07, 6.45) is 2.84. The molecule has 21 heavy (non-hydrogen) atoms. The van der Waals surface area contributed by atoms with Crippen LogP contribution < -0.4 is 14.8 Å². The van der Waals surface area contributed by atoms with E-state index in [1.54, 1.807) is 0 Å². The standard InChI is InChI=1S/C16H17BrN2O2/c1-2-11-4-3-5-19-14(11)9-18-8-12-6-15-16(7-13(12)17)21-10-20-15/h3-7,18H,2,8-10H2,1H3. The fourth-order valence-electron chi connectivity index (χ4n) is 2.36. The number of hydrogen-bond acceptors (Lipinski definition) is 4. The molecule has 3 rings (SSSR count). The predicted molar refractivity (Wildman–Crippen MR) is 84.4 cm³/mol. The molecule has 0 unspecified atom stereocenters. The van der Waals surface area contributed by atoms with Crippen molar-refractivity contribution >= 4 is 15.9 Å². The van der Waals surface area contributed by atoms with Crippen LogP contribution in [0.15, 0.2) is 34.9 Å². The Labute approximate surface area is 132 Å². The van der Waals surface area contributed by atoms with Crippen molar-refractivity contribution in [1.29, 1.82) is 0 Å². The van der Waals surface area contributed by atoms with Gasteiger partial charge in [-0.05, 0) is 35.7 Å². The lowest BCUT2D eigenvalue weighted by Gasteiger charge is -2.10. The van der Waals surface area contributed by atoms with Crippen LogP contribution in [0.5, 0.6) is 11.5 Å². The fourth-order valence-corrected chi connectivity index (χ4v) is 2.83. The molecule has 0 amide bonds. The lowest BCUT2D eigenvalue weighted by molar-refractivity contribution is 0.174. The summed E-state index contributed by atoms with van der Waals surface area (Å²) >= 11 is 3.57. The van der Waals surface area contributed by atoms with Gasteiger partial charge in [0.05, 0.1) is 5.69 Å². The molecule has 1 N–H and O–H groups in total. The maximum Gasteiger partial charge on any atom is 0.231 e. The molecule has 0 atom stereocenters. The van der Waals surface area contributed by atoms with Crippen LogP contribution in [-0.4, -0.2) is 11.8 Å². The third kappa shape index (κ3) is 3.19. The van der Waals surface area contributed by atoms with Crippen molar-refractivity contribution in [3.8, 4) is 11.5 Å². The van der Waals surface area contributed by atoms with E-state index in [9.17, 15) is 0 Å². The van der Waals surface area contributed by atoms with Gasteiger partial charge >= 0.3 is 0 Å². The van der Waals surface area contributed by atoms with Gasteiger partial charge in [-0.25, -0.2) is 0 Å². The number of nitrogens with zero attached hydrogens (tertiary/aromatic N) is 1. The Hall–Kier alpha value is -1.59. The molecule has 1 aliphatic heterocycles. The van der Waals surface area contributed by atoms with Gasteiger partial charge in [-0.2, -0.15) is 0 Å². The van der Waals surface area contributed by atoms with Crippen molar-refractivity contribution in [2.24, 2.45) is 0 Å². The molecule has 0 spiro atoms. The van der Waals surface area contributed by atoms with E-state index < -0.39 is 0 Å². The summed E-state index contributed by atoms with van der Waals surface area (Å²) in [7, 11) is 0. The van der Waals surface area contributed by atoms with Gasteiger partial charge in [0.1, 0.15) is 0 Å². The molecule has 2 aromatic rings. The van der Waals surface area contributed by atoms with Crippen molar-refractivity contribution in [2.75, 3.05) is 6.79 Å². The van der Waals surface area contributed by atoms with E-state index in [0.717, 1.165) is 46.7 Å². The van der Waals surface area contributed by atoms with Crippen LogP contribution in [0, 0.1) is 0 Å². The number of rotatable bonds is 5. The second-order valence-corrected chi connectivity index (χ2v) is 5.72. The van der Waals surface area contributed by atoms with E-state index in [0.29, 0.717) is 6.79 Å². The molecule has 1 aromatic heterocycles. The highest BCUT2D eigenvalue weighted by Crippen LogP contribution is 2.36. The lowest BCUT2D eigenvalue weighted by atomic mass is 10.1. The summed E-state index contributed by atoms with van der Waals surface area (Å²) in [5.74, 6) is 1.60. The van der Waals surface area contributed by atoms with Crippen molar-refractivity contribution in [3.63, 3.8) is 0 Å². The number of benzene rings is 1. The van der Waals surface area contributed by atoms with E-state index in [-0.39, 0.29) is 0 Å². The molecule has 0 radical (unpaired) electrons. The molecule has 2 heterocycles. The molecular weight excluding hydrogens is 332 g/mol. The zero-order valence-electron chi connectivity index (χ0n) is 11.9. The van der Waals surface area contributed by atoms with E-state index in [4.69, 9.17) is 9.47 Å². The zero-order chi connectivity index (χ0) is 14.7. The monoisotopic (exact) mass is 348 g/mol. The van der Waals surface area contributed by atoms with Gasteiger partial charge in [-0.3, -0.25) is 4.98 Å². The van der Waals surface area contributed by atoms with Crippen LogP contribution >= 0.6 is 15.9 Å². The smallest absolute Gasteiger partial charge is 0.231 e. The average Bonchev–Trinajstić information content (AvgIpc) is 2.95. The topological polar surface area (TPSA) is 43.4 Å². The molecule has 0 bridgehead atoms. The lowest BCUT2D eigenvalue weighted by Crippen LogP contribution is -2.15. The largest absolute Gasteiger partial charge is 0.454 e. The van der Waals surface area contributed by atoms with E-state index in [2.05, 4.69) is 39.2 Å². The SMILES string of the molecule is CCc1cccnc1CNCc1cc2c(cc1Br)OCO2. The Bertz CT molecular complexity index is 646. The van der Waals surface area contributed by atoms with Crippen LogP contribution in [0.3, 0.4) is 0 Å². The Kier molecular flexibility index (Phi) is 4.41. The van der Waals surface area contributed by atoms with Crippen LogP contribution in [0.25, 0.3) is 0 Å². The first kappa shape index (κ1) is 14.4. The maximum absolute atomic E-state index is 5.41. The van der Waals surface area contributed by atoms with Crippen LogP contribution in [-0.2, 0) is 19.5 Å². The third-order valence-corrected chi connectivity index (χ3v) is 4.25. The van der Waals surface area contributed by atoms with Gasteiger partial charge in [0.2, 0.25) is 6.79 Å². The minimum atomic E-state index is 0.298. The number of fused-ring (bicyclic) bond motifs is 1. The Morgan fingerprint density at radius 1 is 1.19 bits per heavy atom. The Morgan fingerprint density at radius 2 is 2.00 bits per heavy atom. The van der Waals surface area contributed by atoms with E-state index in [1.165, 1.54) is 5.56 Å². The van der Waals surface area contributed by atoms with Crippen LogP contribution in [0.2, 0.25) is 0 Å². The summed E-state index contributed by atoms with van der Waals surface area (Å²) < 4.78 is 11.8. The second kappa shape index (κ2) is 6.45. The van der Waals surface area contributed by atoms with Gasteiger partial charge in [0, 0.05) is 23.8 Å². The molecule has 0 fully saturated rings. The zero-order valence-corrected chi connectivity index (χ0v) is 13.4. The third-order valence-electron chi connectivity index (χ3n) is 3.51. The minimum absolute atomic E-state index is 0.298. The Balaban J connectivity index is 1.66. The van der Waals surface area contributed by atoms with Gasteiger partial charge in [0.15, 0.2) is 11.5 Å². The quantitative estimate of drug-likeness (QED) is 0.898. The molecule has 0 saturated heterocycles. The molecule has 1 aromatic carbocycles. The number of ether oxygens (including phenoxy) is 2. The summed E-state index contributed by atoms with van der Waals surface area (Å²) in [5.41, 5.74) is 3.54. The highest BCUT2D eigenvalue weighted by Gasteiger charge is 2.16. The minimum Gasteiger partial charge on any atom is -0.454 e. The van der Waals surface area contributed by atoms with Crippen molar-refractivity contribution in [3.05, 3.63) is 51.8 Å². The van der Waals surface area contributed by atoms with Gasteiger partial charge in [0.25, 0.3) is 0 Å². The summed E-state index contributed by atoms with van der Waals surface area (Å²) in [6, 6.07) is 8.08. The fraction of sp³-hybridized carbons (Fsp3) is 0.312. The first-order chi connectivity index (χ1) is 10.3. The molecule has 4 nitrogen and oxygen atoms in total. The summed E-state index contributed by atoms with van der Waals surface area (Å²) in [5, 5.41) is 3.44. The number of aromatic nitrogens is 1. The van der Waals surface area contributed by atoms with Gasteiger partial charge in [-0.15, -0.1) is 0 Å². The highest BCUT2D eigenvalue weighted by molar-refractivity contribution is 9.10. The number of pyridine rings is 1. The molecule has 0 saturated carbocycles. The van der Waals surface area contributed by atoms with E-state index >= 15 is 0 Å². The Morgan fingerprint density at radius 3 is 2.81 bits per heavy atom. The number of nitrogens with one attached hydrogen (secondary N) is 1. The normalized spacial score (nSPS) is 12.7. The second-order valence-electron chi connectivity index (χ2n) is 4.86. The first-order valence-corrected chi connectivity index (χ1v) is 7.78. The van der Waals surface area contributed by atoms with Gasteiger partial charge in [-0.1, -0.05) is 28.9 Å². The van der Waals surface area contributed by atoms with Crippen LogP contribution in [0.4, 0.5) is 0 Å². The highest BCUT2D eigenvalue weighted by atomic mass is 79.9. The molecule has 5 heteroatoms. The first-order valence-electron chi connectivity index (χ1n) is 6.99. The predicted octanol–water partition coefficient (Wildman–Crippen LogP) is 3.43. The van der Waals surface area contributed by atoms with Crippen LogP contribution in [0.1, 0.15) is 23.7 Å². The van der Waals surface area contributed by atoms with Crippen molar-refractivity contribution in [1.82, 2.24) is 10.3 Å². The average molecular weight is 349 g/mol. The van der Waals surface area contributed by atoms with Crippen molar-refractivity contribution in [2.45, 2.75) is 26.4 Å². The molecule has 110 valence electrons. The molecule has 1 aliphatic rings. The molecule has 0 aliphatic carbocycles. The maximum atomic E-state index is 5.41. The summed E-state index contributed by atoms with van der Waals surface area (Å²) in [6.45, 7) is 3.95. The summed E-state index contributed by atoms with van der Waals surface area (Å²) in [4.78, 5) is 4.44. The number of aryl methyl sites for hydroxylation is 1.